The number of nitrogens with zero attached hydrogens (tertiary/aromatic N) is 6. The minimum atomic E-state index is -0.584. The SMILES string of the molecule is COc1cc(-n2ccc3cccnc32)nc(C(C)(C)c2cc(OC)cc(-n3ccc4cccnc43)n2)c1. The smallest absolute Gasteiger partial charge is 0.145 e. The van der Waals surface area contributed by atoms with Gasteiger partial charge >= 0.3 is 0 Å². The fraction of sp³-hybridized carbons (Fsp3) is 0.172. The van der Waals surface area contributed by atoms with Gasteiger partial charge in [-0.2, -0.15) is 0 Å². The van der Waals surface area contributed by atoms with E-state index < -0.39 is 5.41 Å². The van der Waals surface area contributed by atoms with Crippen molar-refractivity contribution in [3.63, 3.8) is 0 Å². The van der Waals surface area contributed by atoms with Gasteiger partial charge in [0.1, 0.15) is 34.4 Å². The van der Waals surface area contributed by atoms with E-state index >= 15 is 0 Å². The molecule has 0 amide bonds. The van der Waals surface area contributed by atoms with Gasteiger partial charge in [-0.05, 0) is 50.2 Å². The normalized spacial score (nSPS) is 11.8. The van der Waals surface area contributed by atoms with Crippen molar-refractivity contribution in [3.05, 3.63) is 96.8 Å². The third-order valence-electron chi connectivity index (χ3n) is 6.71. The second-order valence-corrected chi connectivity index (χ2v) is 9.33. The zero-order valence-electron chi connectivity index (χ0n) is 21.1. The first kappa shape index (κ1) is 22.7. The summed E-state index contributed by atoms with van der Waals surface area (Å²) in [6.45, 7) is 4.20. The molecular weight excluding hydrogens is 464 g/mol. The minimum Gasteiger partial charge on any atom is -0.497 e. The van der Waals surface area contributed by atoms with Crippen LogP contribution in [0.3, 0.4) is 0 Å². The Morgan fingerprint density at radius 2 is 1.11 bits per heavy atom. The molecule has 8 nitrogen and oxygen atoms in total. The molecule has 6 aromatic rings. The van der Waals surface area contributed by atoms with Crippen LogP contribution < -0.4 is 9.47 Å². The van der Waals surface area contributed by atoms with Gasteiger partial charge in [-0.1, -0.05) is 0 Å². The quantitative estimate of drug-likeness (QED) is 0.307. The van der Waals surface area contributed by atoms with Gasteiger partial charge in [0.05, 0.1) is 25.6 Å². The standard InChI is InChI=1S/C29H26N6O2/c1-29(2,23-15-21(36-3)17-25(32-23)34-13-9-19-7-5-11-30-27(19)34)24-16-22(37-4)18-26(33-24)35-14-10-20-8-6-12-31-28(20)35/h5-18H,1-4H3. The van der Waals surface area contributed by atoms with Gasteiger partial charge in [0, 0.05) is 65.2 Å². The number of methoxy groups -OCH3 is 2. The predicted octanol–water partition coefficient (Wildman–Crippen LogP) is 5.50. The number of aromatic nitrogens is 6. The molecule has 37 heavy (non-hydrogen) atoms. The molecule has 0 fully saturated rings. The van der Waals surface area contributed by atoms with Crippen molar-refractivity contribution in [3.8, 4) is 23.1 Å². The third kappa shape index (κ3) is 3.87. The average Bonchev–Trinajstić information content (AvgIpc) is 3.57. The molecule has 0 aromatic carbocycles. The lowest BCUT2D eigenvalue weighted by atomic mass is 9.84. The van der Waals surface area contributed by atoms with Crippen molar-refractivity contribution in [2.75, 3.05) is 14.2 Å². The fourth-order valence-electron chi connectivity index (χ4n) is 4.54. The first-order valence-corrected chi connectivity index (χ1v) is 12.0. The molecule has 0 saturated carbocycles. The summed E-state index contributed by atoms with van der Waals surface area (Å²) < 4.78 is 15.3. The highest BCUT2D eigenvalue weighted by Crippen LogP contribution is 2.35. The van der Waals surface area contributed by atoms with Gasteiger partial charge in [-0.3, -0.25) is 9.13 Å². The Morgan fingerprint density at radius 3 is 1.54 bits per heavy atom. The molecule has 0 aliphatic rings. The van der Waals surface area contributed by atoms with Crippen molar-refractivity contribution in [1.82, 2.24) is 29.1 Å². The summed E-state index contributed by atoms with van der Waals surface area (Å²) in [5, 5.41) is 2.08. The molecule has 0 saturated heterocycles. The largest absolute Gasteiger partial charge is 0.497 e. The van der Waals surface area contributed by atoms with Gasteiger partial charge in [0.15, 0.2) is 0 Å². The fourth-order valence-corrected chi connectivity index (χ4v) is 4.54. The predicted molar refractivity (Wildman–Crippen MR) is 143 cm³/mol. The molecule has 8 heteroatoms. The molecule has 0 radical (unpaired) electrons. The van der Waals surface area contributed by atoms with Gasteiger partial charge in [-0.15, -0.1) is 0 Å². The van der Waals surface area contributed by atoms with Crippen LogP contribution in [0.15, 0.2) is 85.5 Å². The van der Waals surface area contributed by atoms with Crippen LogP contribution >= 0.6 is 0 Å². The minimum absolute atomic E-state index is 0.584. The van der Waals surface area contributed by atoms with E-state index in [1.165, 1.54) is 0 Å². The molecular formula is C29H26N6O2. The topological polar surface area (TPSA) is 79.9 Å². The van der Waals surface area contributed by atoms with Crippen molar-refractivity contribution in [2.45, 2.75) is 19.3 Å². The van der Waals surface area contributed by atoms with E-state index in [0.717, 1.165) is 45.1 Å². The maximum absolute atomic E-state index is 5.68. The highest BCUT2D eigenvalue weighted by molar-refractivity contribution is 5.78. The number of rotatable bonds is 6. The summed E-state index contributed by atoms with van der Waals surface area (Å²) in [6, 6.07) is 19.7. The van der Waals surface area contributed by atoms with Gasteiger partial charge < -0.3 is 9.47 Å². The summed E-state index contributed by atoms with van der Waals surface area (Å²) in [6.07, 6.45) is 7.52. The zero-order chi connectivity index (χ0) is 25.6. The van der Waals surface area contributed by atoms with E-state index in [1.807, 2.05) is 82.2 Å². The van der Waals surface area contributed by atoms with Crippen molar-refractivity contribution < 1.29 is 9.47 Å². The van der Waals surface area contributed by atoms with Crippen LogP contribution in [0.4, 0.5) is 0 Å². The van der Waals surface area contributed by atoms with Gasteiger partial charge in [0.2, 0.25) is 0 Å². The van der Waals surface area contributed by atoms with E-state index in [9.17, 15) is 0 Å². The summed E-state index contributed by atoms with van der Waals surface area (Å²) >= 11 is 0. The maximum Gasteiger partial charge on any atom is 0.145 e. The van der Waals surface area contributed by atoms with Gasteiger partial charge in [0.25, 0.3) is 0 Å². The van der Waals surface area contributed by atoms with E-state index in [0.29, 0.717) is 11.5 Å². The summed E-state index contributed by atoms with van der Waals surface area (Å²) in [4.78, 5) is 19.2. The summed E-state index contributed by atoms with van der Waals surface area (Å²) in [5.41, 5.74) is 2.70. The monoisotopic (exact) mass is 490 g/mol. The Kier molecular flexibility index (Phi) is 5.37. The first-order valence-electron chi connectivity index (χ1n) is 12.0. The number of hydrogen-bond donors (Lipinski definition) is 0. The molecule has 184 valence electrons. The van der Waals surface area contributed by atoms with Crippen LogP contribution in [-0.2, 0) is 5.41 Å². The highest BCUT2D eigenvalue weighted by Gasteiger charge is 2.29. The molecule has 0 aliphatic carbocycles. The Bertz CT molecular complexity index is 1620. The third-order valence-corrected chi connectivity index (χ3v) is 6.71. The average molecular weight is 491 g/mol. The molecule has 0 spiro atoms. The first-order chi connectivity index (χ1) is 18.0. The molecule has 6 rings (SSSR count). The second kappa shape index (κ2) is 8.74. The maximum atomic E-state index is 5.68. The summed E-state index contributed by atoms with van der Waals surface area (Å²) in [7, 11) is 3.32. The van der Waals surface area contributed by atoms with Crippen LogP contribution in [0, 0.1) is 0 Å². The van der Waals surface area contributed by atoms with Crippen LogP contribution in [-0.4, -0.2) is 43.3 Å². The van der Waals surface area contributed by atoms with Crippen LogP contribution in [0.5, 0.6) is 11.5 Å². The number of pyridine rings is 4. The lowest BCUT2D eigenvalue weighted by molar-refractivity contribution is 0.409. The van der Waals surface area contributed by atoms with E-state index in [4.69, 9.17) is 19.4 Å². The van der Waals surface area contributed by atoms with Crippen LogP contribution in [0.25, 0.3) is 33.7 Å². The highest BCUT2D eigenvalue weighted by atomic mass is 16.5. The molecule has 6 aromatic heterocycles. The van der Waals surface area contributed by atoms with Crippen molar-refractivity contribution >= 4 is 22.1 Å². The molecule has 0 aliphatic heterocycles. The number of hydrogen-bond acceptors (Lipinski definition) is 6. The van der Waals surface area contributed by atoms with Crippen LogP contribution in [0.1, 0.15) is 25.2 Å². The molecule has 0 bridgehead atoms. The van der Waals surface area contributed by atoms with E-state index in [1.54, 1.807) is 26.6 Å². The Morgan fingerprint density at radius 1 is 0.649 bits per heavy atom. The van der Waals surface area contributed by atoms with Gasteiger partial charge in [-0.25, -0.2) is 19.9 Å². The molecule has 0 N–H and O–H groups in total. The summed E-state index contributed by atoms with van der Waals surface area (Å²) in [5.74, 6) is 2.85. The Hall–Kier alpha value is -4.72. The second-order valence-electron chi connectivity index (χ2n) is 9.33. The Balaban J connectivity index is 1.50. The Labute approximate surface area is 214 Å². The number of ether oxygens (including phenoxy) is 2. The van der Waals surface area contributed by atoms with Crippen LogP contribution in [0.2, 0.25) is 0 Å². The van der Waals surface area contributed by atoms with E-state index in [2.05, 4.69) is 23.8 Å². The zero-order valence-corrected chi connectivity index (χ0v) is 21.1. The van der Waals surface area contributed by atoms with E-state index in [-0.39, 0.29) is 0 Å². The lowest BCUT2D eigenvalue weighted by Gasteiger charge is -2.26. The lowest BCUT2D eigenvalue weighted by Crippen LogP contribution is -2.24. The molecule has 0 unspecified atom stereocenters. The van der Waals surface area contributed by atoms with Crippen molar-refractivity contribution in [1.29, 1.82) is 0 Å². The van der Waals surface area contributed by atoms with Crippen molar-refractivity contribution in [2.24, 2.45) is 0 Å². The molecule has 0 atom stereocenters. The number of fused-ring (bicyclic) bond motifs is 2. The molecule has 6 heterocycles.